The number of rotatable bonds is 12. The lowest BCUT2D eigenvalue weighted by Crippen LogP contribution is -2.41. The van der Waals surface area contributed by atoms with E-state index in [0.717, 1.165) is 33.6 Å². The fourth-order valence-corrected chi connectivity index (χ4v) is 6.11. The lowest BCUT2D eigenvalue weighted by atomic mass is 10.2. The van der Waals surface area contributed by atoms with Gasteiger partial charge in [0, 0.05) is 6.54 Å². The third-order valence-electron chi connectivity index (χ3n) is 4.93. The SMILES string of the molecule is COc1ccc(S(=O)(=O)N(CC(=O)NCCCSCc2ccco2)c2ccc(C)cc2)cc1Br. The number of benzene rings is 2. The van der Waals surface area contributed by atoms with E-state index < -0.39 is 10.0 Å². The van der Waals surface area contributed by atoms with Crippen molar-refractivity contribution in [3.05, 3.63) is 76.7 Å². The molecule has 0 aliphatic rings. The highest BCUT2D eigenvalue weighted by atomic mass is 79.9. The number of halogens is 1. The Morgan fingerprint density at radius 2 is 1.94 bits per heavy atom. The van der Waals surface area contributed by atoms with Gasteiger partial charge < -0.3 is 14.5 Å². The van der Waals surface area contributed by atoms with Crippen molar-refractivity contribution in [1.82, 2.24) is 5.32 Å². The third-order valence-corrected chi connectivity index (χ3v) is 8.39. The lowest BCUT2D eigenvalue weighted by Gasteiger charge is -2.24. The predicted molar refractivity (Wildman–Crippen MR) is 139 cm³/mol. The molecule has 10 heteroatoms. The minimum atomic E-state index is -4.00. The monoisotopic (exact) mass is 566 g/mol. The van der Waals surface area contributed by atoms with Gasteiger partial charge in [-0.15, -0.1) is 0 Å². The second kappa shape index (κ2) is 12.3. The number of nitrogens with one attached hydrogen (secondary N) is 1. The highest BCUT2D eigenvalue weighted by Crippen LogP contribution is 2.30. The van der Waals surface area contributed by atoms with Crippen LogP contribution in [0.25, 0.3) is 0 Å². The zero-order chi connectivity index (χ0) is 24.6. The largest absolute Gasteiger partial charge is 0.496 e. The maximum absolute atomic E-state index is 13.5. The minimum absolute atomic E-state index is 0.0582. The first kappa shape index (κ1) is 26.2. The second-order valence-corrected chi connectivity index (χ2v) is 11.3. The van der Waals surface area contributed by atoms with E-state index in [1.807, 2.05) is 31.2 Å². The summed E-state index contributed by atoms with van der Waals surface area (Å²) in [5.41, 5.74) is 1.41. The van der Waals surface area contributed by atoms with Crippen molar-refractivity contribution in [2.75, 3.05) is 30.3 Å². The molecule has 0 radical (unpaired) electrons. The predicted octanol–water partition coefficient (Wildman–Crippen LogP) is 4.99. The van der Waals surface area contributed by atoms with E-state index in [0.29, 0.717) is 22.5 Å². The van der Waals surface area contributed by atoms with Crippen molar-refractivity contribution >= 4 is 49.3 Å². The van der Waals surface area contributed by atoms with E-state index >= 15 is 0 Å². The Hall–Kier alpha value is -2.43. The summed E-state index contributed by atoms with van der Waals surface area (Å²) in [7, 11) is -2.49. The summed E-state index contributed by atoms with van der Waals surface area (Å²) < 4.78 is 39.1. The Balaban J connectivity index is 1.66. The molecule has 0 bridgehead atoms. The van der Waals surface area contributed by atoms with Crippen LogP contribution in [0, 0.1) is 6.92 Å². The number of ether oxygens (including phenoxy) is 1. The van der Waals surface area contributed by atoms with Gasteiger partial charge in [0.05, 0.1) is 34.2 Å². The first-order chi connectivity index (χ1) is 16.3. The zero-order valence-electron chi connectivity index (χ0n) is 19.0. The molecule has 0 atom stereocenters. The van der Waals surface area contributed by atoms with E-state index in [1.54, 1.807) is 36.2 Å². The molecule has 1 heterocycles. The Labute approximate surface area is 213 Å². The summed E-state index contributed by atoms with van der Waals surface area (Å²) in [6, 6.07) is 15.3. The Kier molecular flexibility index (Phi) is 9.49. The van der Waals surface area contributed by atoms with Crippen LogP contribution >= 0.6 is 27.7 Å². The number of sulfonamides is 1. The van der Waals surface area contributed by atoms with Gasteiger partial charge in [-0.2, -0.15) is 11.8 Å². The van der Waals surface area contributed by atoms with Crippen LogP contribution in [0.15, 0.2) is 74.6 Å². The fourth-order valence-electron chi connectivity index (χ4n) is 3.12. The molecule has 0 fully saturated rings. The molecule has 3 rings (SSSR count). The summed E-state index contributed by atoms with van der Waals surface area (Å²) in [5, 5.41) is 2.83. The van der Waals surface area contributed by atoms with Gasteiger partial charge in [-0.05, 0) is 77.5 Å². The molecule has 34 heavy (non-hydrogen) atoms. The molecule has 7 nitrogen and oxygen atoms in total. The van der Waals surface area contributed by atoms with Crippen LogP contribution < -0.4 is 14.4 Å². The van der Waals surface area contributed by atoms with Crippen molar-refractivity contribution in [3.63, 3.8) is 0 Å². The van der Waals surface area contributed by atoms with Gasteiger partial charge in [0.25, 0.3) is 10.0 Å². The van der Waals surface area contributed by atoms with E-state index in [2.05, 4.69) is 21.2 Å². The van der Waals surface area contributed by atoms with Crippen molar-refractivity contribution in [2.45, 2.75) is 24.0 Å². The second-order valence-electron chi connectivity index (χ2n) is 7.48. The number of carbonyl (C=O) groups excluding carboxylic acids is 1. The van der Waals surface area contributed by atoms with Gasteiger partial charge in [0.15, 0.2) is 0 Å². The standard InChI is InChI=1S/C24H27BrN2O5S2/c1-18-6-8-19(9-7-18)27(34(29,30)21-10-11-23(31-2)22(25)15-21)16-24(28)26-12-4-14-33-17-20-5-3-13-32-20/h3,5-11,13,15H,4,12,14,16-17H2,1-2H3,(H,26,28). The van der Waals surface area contributed by atoms with Gasteiger partial charge in [-0.1, -0.05) is 17.7 Å². The summed E-state index contributed by atoms with van der Waals surface area (Å²) in [6.07, 6.45) is 2.41. The molecular weight excluding hydrogens is 540 g/mol. The Bertz CT molecular complexity index is 1180. The number of thioether (sulfide) groups is 1. The molecule has 1 aromatic heterocycles. The number of methoxy groups -OCH3 is 1. The topological polar surface area (TPSA) is 88.9 Å². The molecule has 0 saturated heterocycles. The van der Waals surface area contributed by atoms with Crippen molar-refractivity contribution in [1.29, 1.82) is 0 Å². The summed E-state index contributed by atoms with van der Waals surface area (Å²) in [6.45, 7) is 2.05. The molecule has 182 valence electrons. The maximum Gasteiger partial charge on any atom is 0.264 e. The number of amides is 1. The molecule has 2 aromatic carbocycles. The normalized spacial score (nSPS) is 11.3. The number of hydrogen-bond donors (Lipinski definition) is 1. The van der Waals surface area contributed by atoms with Crippen LogP contribution in [0.2, 0.25) is 0 Å². The van der Waals surface area contributed by atoms with Gasteiger partial charge in [-0.25, -0.2) is 8.42 Å². The first-order valence-corrected chi connectivity index (χ1v) is 14.0. The molecule has 1 N–H and O–H groups in total. The fraction of sp³-hybridized carbons (Fsp3) is 0.292. The number of anilines is 1. The Morgan fingerprint density at radius 1 is 1.18 bits per heavy atom. The van der Waals surface area contributed by atoms with Crippen LogP contribution in [-0.2, 0) is 20.6 Å². The van der Waals surface area contributed by atoms with Gasteiger partial charge in [-0.3, -0.25) is 9.10 Å². The van der Waals surface area contributed by atoms with Gasteiger partial charge >= 0.3 is 0 Å². The molecular formula is C24H27BrN2O5S2. The molecule has 0 aliphatic heterocycles. The van der Waals surface area contributed by atoms with Crippen LogP contribution in [0.4, 0.5) is 5.69 Å². The van der Waals surface area contributed by atoms with Crippen molar-refractivity contribution < 1.29 is 22.4 Å². The van der Waals surface area contributed by atoms with Crippen LogP contribution in [0.1, 0.15) is 17.7 Å². The molecule has 1 amide bonds. The first-order valence-electron chi connectivity index (χ1n) is 10.6. The number of carbonyl (C=O) groups is 1. The number of nitrogens with zero attached hydrogens (tertiary/aromatic N) is 1. The zero-order valence-corrected chi connectivity index (χ0v) is 22.2. The third kappa shape index (κ3) is 7.04. The van der Waals surface area contributed by atoms with Crippen LogP contribution in [0.5, 0.6) is 5.75 Å². The quantitative estimate of drug-likeness (QED) is 0.310. The smallest absolute Gasteiger partial charge is 0.264 e. The highest BCUT2D eigenvalue weighted by molar-refractivity contribution is 9.10. The molecule has 0 saturated carbocycles. The highest BCUT2D eigenvalue weighted by Gasteiger charge is 2.28. The maximum atomic E-state index is 13.5. The summed E-state index contributed by atoms with van der Waals surface area (Å²) in [5.74, 6) is 2.69. The average molecular weight is 568 g/mol. The van der Waals surface area contributed by atoms with Crippen molar-refractivity contribution in [3.8, 4) is 5.75 Å². The van der Waals surface area contributed by atoms with E-state index in [1.165, 1.54) is 19.2 Å². The van der Waals surface area contributed by atoms with E-state index in [4.69, 9.17) is 9.15 Å². The number of furan rings is 1. The molecule has 0 spiro atoms. The lowest BCUT2D eigenvalue weighted by molar-refractivity contribution is -0.119. The van der Waals surface area contributed by atoms with Crippen LogP contribution in [-0.4, -0.2) is 40.3 Å². The summed E-state index contributed by atoms with van der Waals surface area (Å²) in [4.78, 5) is 12.7. The van der Waals surface area contributed by atoms with E-state index in [9.17, 15) is 13.2 Å². The molecule has 0 unspecified atom stereocenters. The molecule has 3 aromatic rings. The van der Waals surface area contributed by atoms with E-state index in [-0.39, 0.29) is 17.3 Å². The average Bonchev–Trinajstić information content (AvgIpc) is 3.34. The Morgan fingerprint density at radius 3 is 2.59 bits per heavy atom. The summed E-state index contributed by atoms with van der Waals surface area (Å²) >= 11 is 5.05. The number of hydrogen-bond acceptors (Lipinski definition) is 6. The number of aryl methyl sites for hydroxylation is 1. The molecule has 0 aliphatic carbocycles. The van der Waals surface area contributed by atoms with Crippen LogP contribution in [0.3, 0.4) is 0 Å². The van der Waals surface area contributed by atoms with Gasteiger partial charge in [0.1, 0.15) is 18.1 Å². The van der Waals surface area contributed by atoms with Crippen molar-refractivity contribution in [2.24, 2.45) is 0 Å². The minimum Gasteiger partial charge on any atom is -0.496 e. The van der Waals surface area contributed by atoms with Gasteiger partial charge in [0.2, 0.25) is 5.91 Å².